The zero-order valence-corrected chi connectivity index (χ0v) is 8.44. The number of hydrogen-bond donors (Lipinski definition) is 2. The number of nitrogens with zero attached hydrogens (tertiary/aromatic N) is 1. The molecule has 0 fully saturated rings. The van der Waals surface area contributed by atoms with Crippen LogP contribution in [0.1, 0.15) is 15.9 Å². The summed E-state index contributed by atoms with van der Waals surface area (Å²) >= 11 is 1.73. The van der Waals surface area contributed by atoms with Crippen molar-refractivity contribution in [1.29, 1.82) is 5.26 Å². The standard InChI is InChI=1S/C8H4INO3/c9-7-5(3-10)4(8(12)13)1-2-6(7)11/h1-2,11H,(H,12,13). The van der Waals surface area contributed by atoms with Gasteiger partial charge in [-0.25, -0.2) is 4.79 Å². The van der Waals surface area contributed by atoms with Crippen LogP contribution in [0, 0.1) is 14.9 Å². The molecular weight excluding hydrogens is 285 g/mol. The minimum atomic E-state index is -1.17. The lowest BCUT2D eigenvalue weighted by atomic mass is 10.1. The molecule has 0 saturated heterocycles. The van der Waals surface area contributed by atoms with Crippen LogP contribution < -0.4 is 0 Å². The molecule has 0 aromatic heterocycles. The Kier molecular flexibility index (Phi) is 2.72. The molecular formula is C8H4INO3. The molecule has 0 aliphatic rings. The van der Waals surface area contributed by atoms with Crippen LogP contribution in [0.2, 0.25) is 0 Å². The Morgan fingerprint density at radius 3 is 2.62 bits per heavy atom. The molecule has 4 nitrogen and oxygen atoms in total. The maximum Gasteiger partial charge on any atom is 0.337 e. The third-order valence-corrected chi connectivity index (χ3v) is 2.56. The maximum absolute atomic E-state index is 10.6. The van der Waals surface area contributed by atoms with Gasteiger partial charge < -0.3 is 10.2 Å². The quantitative estimate of drug-likeness (QED) is 0.769. The summed E-state index contributed by atoms with van der Waals surface area (Å²) in [4.78, 5) is 10.6. The van der Waals surface area contributed by atoms with Gasteiger partial charge in [-0.1, -0.05) is 0 Å². The van der Waals surface area contributed by atoms with E-state index >= 15 is 0 Å². The SMILES string of the molecule is N#Cc1c(C(=O)O)ccc(O)c1I. The number of phenols is 1. The molecule has 5 heteroatoms. The minimum Gasteiger partial charge on any atom is -0.507 e. The Bertz CT molecular complexity index is 409. The van der Waals surface area contributed by atoms with Crippen molar-refractivity contribution >= 4 is 28.6 Å². The van der Waals surface area contributed by atoms with Crippen molar-refractivity contribution in [2.45, 2.75) is 0 Å². The molecule has 0 saturated carbocycles. The zero-order chi connectivity index (χ0) is 10.0. The van der Waals surface area contributed by atoms with Crippen molar-refractivity contribution in [3.8, 4) is 11.8 Å². The smallest absolute Gasteiger partial charge is 0.337 e. The van der Waals surface area contributed by atoms with Gasteiger partial charge in [0.15, 0.2) is 0 Å². The van der Waals surface area contributed by atoms with Crippen molar-refractivity contribution in [1.82, 2.24) is 0 Å². The third kappa shape index (κ3) is 1.72. The number of rotatable bonds is 1. The van der Waals surface area contributed by atoms with Gasteiger partial charge in [-0.05, 0) is 34.7 Å². The number of aromatic carboxylic acids is 1. The van der Waals surface area contributed by atoms with Gasteiger partial charge in [0.25, 0.3) is 0 Å². The first kappa shape index (κ1) is 9.80. The topological polar surface area (TPSA) is 81.3 Å². The Labute approximate surface area is 87.6 Å². The van der Waals surface area contributed by atoms with Crippen LogP contribution in [0.15, 0.2) is 12.1 Å². The van der Waals surface area contributed by atoms with Crippen molar-refractivity contribution in [3.63, 3.8) is 0 Å². The largest absolute Gasteiger partial charge is 0.507 e. The molecule has 66 valence electrons. The number of carboxylic acid groups (broad SMARTS) is 1. The van der Waals surface area contributed by atoms with Gasteiger partial charge in [-0.2, -0.15) is 5.26 Å². The van der Waals surface area contributed by atoms with E-state index in [1.54, 1.807) is 28.7 Å². The van der Waals surface area contributed by atoms with E-state index in [-0.39, 0.29) is 20.4 Å². The average Bonchev–Trinajstić information content (AvgIpc) is 2.09. The summed E-state index contributed by atoms with van der Waals surface area (Å²) in [5, 5.41) is 26.5. The fourth-order valence-corrected chi connectivity index (χ4v) is 1.44. The Morgan fingerprint density at radius 1 is 1.54 bits per heavy atom. The van der Waals surface area contributed by atoms with E-state index in [1.807, 2.05) is 0 Å². The lowest BCUT2D eigenvalue weighted by Crippen LogP contribution is -2.01. The Morgan fingerprint density at radius 2 is 2.15 bits per heavy atom. The van der Waals surface area contributed by atoms with Crippen molar-refractivity contribution < 1.29 is 15.0 Å². The molecule has 0 bridgehead atoms. The number of aromatic hydroxyl groups is 1. The lowest BCUT2D eigenvalue weighted by molar-refractivity contribution is 0.0696. The zero-order valence-electron chi connectivity index (χ0n) is 6.28. The van der Waals surface area contributed by atoms with E-state index in [1.165, 1.54) is 12.1 Å². The summed E-state index contributed by atoms with van der Waals surface area (Å²) in [6.45, 7) is 0. The third-order valence-electron chi connectivity index (χ3n) is 1.46. The molecule has 0 amide bonds. The Hall–Kier alpha value is -1.29. The van der Waals surface area contributed by atoms with E-state index in [9.17, 15) is 9.90 Å². The second kappa shape index (κ2) is 3.62. The van der Waals surface area contributed by atoms with E-state index in [0.717, 1.165) is 0 Å². The number of phenolic OH excluding ortho intramolecular Hbond substituents is 1. The predicted molar refractivity (Wildman–Crippen MR) is 52.5 cm³/mol. The highest BCUT2D eigenvalue weighted by Gasteiger charge is 2.15. The molecule has 0 heterocycles. The highest BCUT2D eigenvalue weighted by atomic mass is 127. The molecule has 13 heavy (non-hydrogen) atoms. The fourth-order valence-electron chi connectivity index (χ4n) is 0.853. The van der Waals surface area contributed by atoms with E-state index in [0.29, 0.717) is 0 Å². The summed E-state index contributed by atoms with van der Waals surface area (Å²) in [5.41, 5.74) is -0.0993. The monoisotopic (exact) mass is 289 g/mol. The highest BCUT2D eigenvalue weighted by Crippen LogP contribution is 2.25. The minimum absolute atomic E-state index is 0.00639. The first-order valence-electron chi connectivity index (χ1n) is 3.22. The van der Waals surface area contributed by atoms with Crippen molar-refractivity contribution in [3.05, 3.63) is 26.8 Å². The van der Waals surface area contributed by atoms with Crippen LogP contribution in [0.3, 0.4) is 0 Å². The predicted octanol–water partition coefficient (Wildman–Crippen LogP) is 1.57. The summed E-state index contributed by atoms with van der Waals surface area (Å²) in [5.74, 6) is -1.25. The second-order valence-corrected chi connectivity index (χ2v) is 3.32. The van der Waals surface area contributed by atoms with Crippen LogP contribution in [0.25, 0.3) is 0 Å². The van der Waals surface area contributed by atoms with Gasteiger partial charge in [-0.15, -0.1) is 0 Å². The molecule has 0 aliphatic carbocycles. The molecule has 1 aromatic carbocycles. The molecule has 2 N–H and O–H groups in total. The maximum atomic E-state index is 10.6. The highest BCUT2D eigenvalue weighted by molar-refractivity contribution is 14.1. The first-order valence-corrected chi connectivity index (χ1v) is 4.30. The molecule has 0 atom stereocenters. The van der Waals surface area contributed by atoms with Crippen LogP contribution >= 0.6 is 22.6 Å². The van der Waals surface area contributed by atoms with Gasteiger partial charge in [0.2, 0.25) is 0 Å². The summed E-state index contributed by atoms with van der Waals surface area (Å²) in [6.07, 6.45) is 0. The van der Waals surface area contributed by atoms with Gasteiger partial charge >= 0.3 is 5.97 Å². The summed E-state index contributed by atoms with van der Waals surface area (Å²) < 4.78 is 0.264. The molecule has 1 aromatic rings. The van der Waals surface area contributed by atoms with Gasteiger partial charge in [0.05, 0.1) is 14.7 Å². The first-order chi connectivity index (χ1) is 6.07. The summed E-state index contributed by atoms with van der Waals surface area (Å²) in [6, 6.07) is 4.20. The van der Waals surface area contributed by atoms with Crippen LogP contribution in [0.5, 0.6) is 5.75 Å². The number of benzene rings is 1. The summed E-state index contributed by atoms with van der Waals surface area (Å²) in [7, 11) is 0. The number of carboxylic acids is 1. The Balaban J connectivity index is 3.50. The van der Waals surface area contributed by atoms with Gasteiger partial charge in [0.1, 0.15) is 11.8 Å². The average molecular weight is 289 g/mol. The second-order valence-electron chi connectivity index (χ2n) is 2.24. The van der Waals surface area contributed by atoms with Crippen LogP contribution in [-0.2, 0) is 0 Å². The fraction of sp³-hybridized carbons (Fsp3) is 0. The molecule has 0 unspecified atom stereocenters. The number of halogens is 1. The molecule has 0 spiro atoms. The van der Waals surface area contributed by atoms with Crippen LogP contribution in [-0.4, -0.2) is 16.2 Å². The molecule has 1 rings (SSSR count). The number of nitriles is 1. The van der Waals surface area contributed by atoms with Crippen molar-refractivity contribution in [2.24, 2.45) is 0 Å². The van der Waals surface area contributed by atoms with Gasteiger partial charge in [0, 0.05) is 0 Å². The normalized spacial score (nSPS) is 9.23. The number of carbonyl (C=O) groups is 1. The van der Waals surface area contributed by atoms with E-state index in [4.69, 9.17) is 10.4 Å². The van der Waals surface area contributed by atoms with Crippen LogP contribution in [0.4, 0.5) is 0 Å². The molecule has 0 aliphatic heterocycles. The molecule has 0 radical (unpaired) electrons. The van der Waals surface area contributed by atoms with Crippen molar-refractivity contribution in [2.75, 3.05) is 0 Å². The van der Waals surface area contributed by atoms with Gasteiger partial charge in [-0.3, -0.25) is 0 Å². The number of hydrogen-bond acceptors (Lipinski definition) is 3. The van der Waals surface area contributed by atoms with E-state index in [2.05, 4.69) is 0 Å². The lowest BCUT2D eigenvalue weighted by Gasteiger charge is -2.02. The van der Waals surface area contributed by atoms with E-state index < -0.39 is 5.97 Å².